The average molecular weight is 733 g/mol. The van der Waals surface area contributed by atoms with Gasteiger partial charge in [-0.2, -0.15) is 25.0 Å². The number of likely N-dealkylation sites (tertiary alicyclic amines) is 2. The number of hydrogen-bond acceptors (Lipinski definition) is 11. The number of hydrogen-bond donors (Lipinski definition) is 1. The number of aromatic nitrogens is 5. The molecule has 12 nitrogen and oxygen atoms in total. The van der Waals surface area contributed by atoms with Gasteiger partial charge in [-0.1, -0.05) is 24.1 Å². The maximum absolute atomic E-state index is 17.2. The van der Waals surface area contributed by atoms with Crippen LogP contribution in [0.4, 0.5) is 24.4 Å². The molecule has 6 heterocycles. The van der Waals surface area contributed by atoms with Crippen LogP contribution in [0.1, 0.15) is 44.6 Å². The van der Waals surface area contributed by atoms with Crippen LogP contribution in [-0.2, 0) is 0 Å². The summed E-state index contributed by atoms with van der Waals surface area (Å²) in [6, 6.07) is 6.28. The van der Waals surface area contributed by atoms with Gasteiger partial charge in [0, 0.05) is 54.0 Å². The van der Waals surface area contributed by atoms with Crippen LogP contribution < -0.4 is 15.4 Å². The van der Waals surface area contributed by atoms with Gasteiger partial charge in [-0.25, -0.2) is 18.6 Å². The molecule has 0 saturated carbocycles. The van der Waals surface area contributed by atoms with Crippen molar-refractivity contribution < 1.29 is 18.3 Å². The molecule has 2 atom stereocenters. The van der Waals surface area contributed by atoms with Crippen molar-refractivity contribution >= 4 is 60.8 Å². The Balaban J connectivity index is 1.24. The lowest BCUT2D eigenvalue weighted by atomic mass is 9.76. The first-order chi connectivity index (χ1) is 24.6. The molecular weight excluding hydrogens is 698 g/mol. The molecule has 0 bridgehead atoms. The number of likely N-dealkylation sites (N-methyl/N-ethyl adjacent to an activating group) is 1. The molecule has 5 aromatic rings. The van der Waals surface area contributed by atoms with Crippen molar-refractivity contribution in [3.8, 4) is 23.2 Å². The first kappa shape index (κ1) is 33.5. The Morgan fingerprint density at radius 1 is 1.20 bits per heavy atom. The fourth-order valence-corrected chi connectivity index (χ4v) is 9.38. The summed E-state index contributed by atoms with van der Waals surface area (Å²) in [5.74, 6) is -0.822. The number of rotatable bonds is 5. The van der Waals surface area contributed by atoms with E-state index in [-0.39, 0.29) is 71.9 Å². The quantitative estimate of drug-likeness (QED) is 0.218. The molecule has 16 heteroatoms. The first-order valence-electron chi connectivity index (χ1n) is 16.9. The van der Waals surface area contributed by atoms with E-state index in [1.807, 2.05) is 6.92 Å². The van der Waals surface area contributed by atoms with Crippen LogP contribution in [0, 0.1) is 28.4 Å². The van der Waals surface area contributed by atoms with E-state index in [9.17, 15) is 14.4 Å². The van der Waals surface area contributed by atoms with E-state index < -0.39 is 11.6 Å². The van der Waals surface area contributed by atoms with Gasteiger partial charge in [0.2, 0.25) is 0 Å². The number of halogens is 3. The van der Waals surface area contributed by atoms with Crippen molar-refractivity contribution in [1.82, 2.24) is 34.5 Å². The molecule has 1 spiro atoms. The summed E-state index contributed by atoms with van der Waals surface area (Å²) in [6.45, 7) is 5.20. The van der Waals surface area contributed by atoms with Crippen LogP contribution in [0.25, 0.3) is 32.1 Å². The Morgan fingerprint density at radius 3 is 2.75 bits per heavy atom. The van der Waals surface area contributed by atoms with Crippen LogP contribution >= 0.6 is 22.9 Å². The maximum Gasteiger partial charge on any atom is 0.346 e. The number of nitrogens with zero attached hydrogens (tertiary/aromatic N) is 9. The van der Waals surface area contributed by atoms with Gasteiger partial charge in [0.1, 0.15) is 47.0 Å². The molecule has 3 fully saturated rings. The Hall–Kier alpha value is -4.65. The number of nitrogens with two attached hydrogens (primary N) is 1. The van der Waals surface area contributed by atoms with E-state index in [1.54, 1.807) is 11.0 Å². The number of ether oxygens (including phenoxy) is 1. The fraction of sp³-hybridized carbons (Fsp3) is 0.429. The second-order valence-corrected chi connectivity index (χ2v) is 15.4. The summed E-state index contributed by atoms with van der Waals surface area (Å²) in [7, 11) is 2.06. The monoisotopic (exact) mass is 732 g/mol. The smallest absolute Gasteiger partial charge is 0.346 e. The summed E-state index contributed by atoms with van der Waals surface area (Å²) in [6.07, 6.45) is 7.17. The third-order valence-corrected chi connectivity index (χ3v) is 11.9. The Bertz CT molecular complexity index is 2220. The van der Waals surface area contributed by atoms with Gasteiger partial charge in [-0.15, -0.1) is 11.3 Å². The summed E-state index contributed by atoms with van der Waals surface area (Å²) in [5, 5.41) is 14.7. The molecule has 3 aliphatic rings. The van der Waals surface area contributed by atoms with Crippen molar-refractivity contribution in [2.45, 2.75) is 51.2 Å². The van der Waals surface area contributed by atoms with Crippen LogP contribution in [0.15, 0.2) is 30.9 Å². The van der Waals surface area contributed by atoms with Gasteiger partial charge < -0.3 is 20.3 Å². The summed E-state index contributed by atoms with van der Waals surface area (Å²) in [4.78, 5) is 32.6. The van der Waals surface area contributed by atoms with Gasteiger partial charge in [0.25, 0.3) is 0 Å². The number of amides is 1. The predicted molar refractivity (Wildman–Crippen MR) is 191 cm³/mol. The molecule has 51 heavy (non-hydrogen) atoms. The fourth-order valence-electron chi connectivity index (χ4n) is 8.14. The minimum Gasteiger partial charge on any atom is -0.459 e. The van der Waals surface area contributed by atoms with Crippen LogP contribution in [-0.4, -0.2) is 92.5 Å². The molecule has 0 aliphatic carbocycles. The van der Waals surface area contributed by atoms with Gasteiger partial charge in [-0.05, 0) is 63.9 Å². The topological polar surface area (TPSA) is 142 Å². The largest absolute Gasteiger partial charge is 0.459 e. The molecule has 3 aromatic heterocycles. The number of nitriles is 1. The highest BCUT2D eigenvalue weighted by atomic mass is 35.5. The molecule has 3 aliphatic heterocycles. The van der Waals surface area contributed by atoms with Crippen LogP contribution in [0.2, 0.25) is 5.02 Å². The average Bonchev–Trinajstić information content (AvgIpc) is 3.82. The molecule has 1 amide bonds. The second kappa shape index (κ2) is 12.8. The lowest BCUT2D eigenvalue weighted by molar-refractivity contribution is 0.0315. The molecule has 2 aromatic carbocycles. The van der Waals surface area contributed by atoms with Crippen LogP contribution in [0.5, 0.6) is 6.01 Å². The molecule has 2 N–H and O–H groups in total. The molecule has 8 rings (SSSR count). The Labute approximate surface area is 301 Å². The van der Waals surface area contributed by atoms with Gasteiger partial charge >= 0.3 is 12.0 Å². The lowest BCUT2D eigenvalue weighted by Gasteiger charge is -2.51. The SMILES string of the molecule is C[C@H](Oc1nc(N2CCCCC3(CN(C(=O)n4cncn4)C3)C2)c2cc(Cl)c(-c3ccc(F)c4sc(N)c(C#N)c34)c(F)c2n1)[C@@H]1CCCN1C. The zero-order valence-electron chi connectivity index (χ0n) is 28.1. The molecule has 264 valence electrons. The summed E-state index contributed by atoms with van der Waals surface area (Å²) < 4.78 is 39.9. The van der Waals surface area contributed by atoms with E-state index in [2.05, 4.69) is 38.0 Å². The highest BCUT2D eigenvalue weighted by Gasteiger charge is 2.47. The molecule has 0 unspecified atom stereocenters. The van der Waals surface area contributed by atoms with E-state index in [4.69, 9.17) is 27.1 Å². The normalized spacial score (nSPS) is 19.7. The predicted octanol–water partition coefficient (Wildman–Crippen LogP) is 6.31. The number of anilines is 2. The second-order valence-electron chi connectivity index (χ2n) is 13.9. The minimum atomic E-state index is -0.740. The Morgan fingerprint density at radius 2 is 2.02 bits per heavy atom. The minimum absolute atomic E-state index is 0.00421. The Kier molecular flexibility index (Phi) is 8.43. The third kappa shape index (κ3) is 5.69. The molecule has 3 saturated heterocycles. The zero-order chi connectivity index (χ0) is 35.6. The standard InChI is InChI=1S/C35H35ClF2N10O2S/c1-19(25-6-5-10-45(25)2)50-33-43-29-21(12-23(36)27(28(29)38)20-7-8-24(37)30-26(20)22(13-39)31(40)51-30)32(44-33)46-11-4-3-9-35(14-46)15-47(16-35)34(49)48-18-41-17-42-48/h7-8,12,17-19,25H,3-6,9-11,14-16,40H2,1-2H3/t19-,25-/m0/s1. The highest BCUT2D eigenvalue weighted by molar-refractivity contribution is 7.23. The first-order valence-corrected chi connectivity index (χ1v) is 18.1. The van der Waals surface area contributed by atoms with E-state index in [1.165, 1.54) is 29.5 Å². The van der Waals surface area contributed by atoms with Crippen molar-refractivity contribution in [2.75, 3.05) is 50.4 Å². The van der Waals surface area contributed by atoms with Crippen molar-refractivity contribution in [3.63, 3.8) is 0 Å². The van der Waals surface area contributed by atoms with Crippen molar-refractivity contribution in [2.24, 2.45) is 5.41 Å². The van der Waals surface area contributed by atoms with Gasteiger partial charge in [0.15, 0.2) is 5.82 Å². The van der Waals surface area contributed by atoms with Gasteiger partial charge in [0.05, 0.1) is 15.3 Å². The molecular formula is C35H35ClF2N10O2S. The number of thiophene rings is 1. The lowest BCUT2D eigenvalue weighted by Crippen LogP contribution is -2.62. The summed E-state index contributed by atoms with van der Waals surface area (Å²) >= 11 is 7.87. The van der Waals surface area contributed by atoms with Crippen molar-refractivity contribution in [3.05, 3.63) is 53.1 Å². The number of nitrogen functional groups attached to an aromatic ring is 1. The maximum atomic E-state index is 17.2. The number of benzene rings is 2. The summed E-state index contributed by atoms with van der Waals surface area (Å²) in [5.41, 5.74) is 6.18. The number of fused-ring (bicyclic) bond motifs is 2. The van der Waals surface area contributed by atoms with Gasteiger partial charge in [-0.3, -0.25) is 4.90 Å². The van der Waals surface area contributed by atoms with Crippen LogP contribution in [0.3, 0.4) is 0 Å². The van der Waals surface area contributed by atoms with E-state index in [0.717, 1.165) is 50.0 Å². The third-order valence-electron chi connectivity index (χ3n) is 10.6. The zero-order valence-corrected chi connectivity index (χ0v) is 29.6. The number of carbonyl (C=O) groups is 1. The highest BCUT2D eigenvalue weighted by Crippen LogP contribution is 2.47. The van der Waals surface area contributed by atoms with E-state index in [0.29, 0.717) is 37.4 Å². The van der Waals surface area contributed by atoms with E-state index >= 15 is 4.39 Å². The number of carbonyl (C=O) groups excluding carboxylic acids is 1. The van der Waals surface area contributed by atoms with Crippen molar-refractivity contribution in [1.29, 1.82) is 5.26 Å². The molecule has 0 radical (unpaired) electrons.